The minimum atomic E-state index is -0.249. The Morgan fingerprint density at radius 1 is 0.889 bits per heavy atom. The number of benzene rings is 1. The van der Waals surface area contributed by atoms with Crippen LogP contribution in [0.15, 0.2) is 12.1 Å². The topological polar surface area (TPSA) is 90.4 Å². The summed E-state index contributed by atoms with van der Waals surface area (Å²) in [6.07, 6.45) is 14.4. The molecule has 0 aliphatic heterocycles. The first-order chi connectivity index (χ1) is 17.5. The molecule has 1 heterocycles. The quantitative estimate of drug-likeness (QED) is 0.0775. The molecular weight excluding hydrogens is 589 g/mol. The van der Waals surface area contributed by atoms with Crippen LogP contribution in [-0.4, -0.2) is 29.2 Å². The molecule has 1 aromatic heterocycles. The van der Waals surface area contributed by atoms with Crippen LogP contribution in [-0.2, 0) is 9.59 Å². The molecule has 0 saturated carbocycles. The Kier molecular flexibility index (Phi) is 15.0. The SMILES string of the molecule is CCCCCCCCC(=O)Nc1nnc(-c2cc(I)c(OC(=O)CCCCCCCC)c(OC)c2)s1. The maximum Gasteiger partial charge on any atom is 0.311 e. The Hall–Kier alpha value is -1.75. The predicted molar refractivity (Wildman–Crippen MR) is 155 cm³/mol. The number of rotatable bonds is 18. The molecule has 2 aromatic rings. The van der Waals surface area contributed by atoms with Crippen molar-refractivity contribution < 1.29 is 19.1 Å². The van der Waals surface area contributed by atoms with Gasteiger partial charge in [-0.25, -0.2) is 0 Å². The van der Waals surface area contributed by atoms with E-state index in [0.29, 0.717) is 34.5 Å². The average Bonchev–Trinajstić information content (AvgIpc) is 3.33. The van der Waals surface area contributed by atoms with Gasteiger partial charge in [-0.1, -0.05) is 89.4 Å². The molecule has 1 aromatic carbocycles. The predicted octanol–water partition coefficient (Wildman–Crippen LogP) is 8.16. The van der Waals surface area contributed by atoms with Gasteiger partial charge in [0.05, 0.1) is 10.7 Å². The number of ether oxygens (including phenoxy) is 2. The van der Waals surface area contributed by atoms with Crippen LogP contribution in [0.1, 0.15) is 104 Å². The van der Waals surface area contributed by atoms with Crippen molar-refractivity contribution in [3.8, 4) is 22.1 Å². The third-order valence-electron chi connectivity index (χ3n) is 5.86. The highest BCUT2D eigenvalue weighted by Crippen LogP contribution is 2.39. The normalized spacial score (nSPS) is 10.9. The summed E-state index contributed by atoms with van der Waals surface area (Å²) in [5.41, 5.74) is 0.792. The lowest BCUT2D eigenvalue weighted by Crippen LogP contribution is -2.10. The summed E-state index contributed by atoms with van der Waals surface area (Å²) in [7, 11) is 1.55. The van der Waals surface area contributed by atoms with Crippen LogP contribution in [0.5, 0.6) is 11.5 Å². The highest BCUT2D eigenvalue weighted by atomic mass is 127. The molecule has 1 amide bonds. The molecule has 0 atom stereocenters. The van der Waals surface area contributed by atoms with Crippen LogP contribution in [0.2, 0.25) is 0 Å². The molecule has 0 radical (unpaired) electrons. The summed E-state index contributed by atoms with van der Waals surface area (Å²) in [6.45, 7) is 4.39. The maximum absolute atomic E-state index is 12.4. The Morgan fingerprint density at radius 3 is 2.14 bits per heavy atom. The fourth-order valence-electron chi connectivity index (χ4n) is 3.79. The molecule has 0 bridgehead atoms. The van der Waals surface area contributed by atoms with E-state index in [0.717, 1.165) is 41.2 Å². The van der Waals surface area contributed by atoms with Crippen LogP contribution in [0.25, 0.3) is 10.6 Å². The third kappa shape index (κ3) is 11.1. The van der Waals surface area contributed by atoms with Crippen molar-refractivity contribution in [2.45, 2.75) is 104 Å². The minimum absolute atomic E-state index is 0.0343. The lowest BCUT2D eigenvalue weighted by Gasteiger charge is -2.12. The summed E-state index contributed by atoms with van der Waals surface area (Å²) in [6, 6.07) is 3.68. The molecule has 2 rings (SSSR count). The molecule has 1 N–H and O–H groups in total. The van der Waals surface area contributed by atoms with E-state index < -0.39 is 0 Å². The largest absolute Gasteiger partial charge is 0.493 e. The Balaban J connectivity index is 1.90. The van der Waals surface area contributed by atoms with Crippen LogP contribution in [0.3, 0.4) is 0 Å². The van der Waals surface area contributed by atoms with Gasteiger partial charge in [-0.2, -0.15) is 0 Å². The van der Waals surface area contributed by atoms with Crippen LogP contribution < -0.4 is 14.8 Å². The highest BCUT2D eigenvalue weighted by molar-refractivity contribution is 14.1. The van der Waals surface area contributed by atoms with Crippen molar-refractivity contribution in [1.82, 2.24) is 10.2 Å². The van der Waals surface area contributed by atoms with Crippen LogP contribution >= 0.6 is 33.9 Å². The summed E-state index contributed by atoms with van der Waals surface area (Å²) in [5.74, 6) is 0.612. The fraction of sp³-hybridized carbons (Fsp3) is 0.630. The summed E-state index contributed by atoms with van der Waals surface area (Å²) < 4.78 is 11.9. The van der Waals surface area contributed by atoms with E-state index in [9.17, 15) is 9.59 Å². The smallest absolute Gasteiger partial charge is 0.311 e. The standard InChI is InChI=1S/C27H40IN3O4S/c1-4-6-8-10-12-14-16-23(32)29-27-31-30-26(36-27)20-18-21(28)25(22(19-20)34-3)35-24(33)17-15-13-11-9-7-5-2/h18-19H,4-17H2,1-3H3,(H,29,31,32). The number of esters is 1. The molecule has 0 fully saturated rings. The van der Waals surface area contributed by atoms with Gasteiger partial charge < -0.3 is 14.8 Å². The van der Waals surface area contributed by atoms with Gasteiger partial charge in [0, 0.05) is 18.4 Å². The number of nitrogens with zero attached hydrogens (tertiary/aromatic N) is 2. The number of aromatic nitrogens is 2. The monoisotopic (exact) mass is 629 g/mol. The molecule has 200 valence electrons. The second kappa shape index (κ2) is 17.7. The van der Waals surface area contributed by atoms with Gasteiger partial charge >= 0.3 is 5.97 Å². The van der Waals surface area contributed by atoms with Gasteiger partial charge in [0.25, 0.3) is 0 Å². The third-order valence-corrected chi connectivity index (χ3v) is 7.54. The van der Waals surface area contributed by atoms with Crippen molar-refractivity contribution in [3.63, 3.8) is 0 Å². The number of hydrogen-bond donors (Lipinski definition) is 1. The number of carbonyl (C=O) groups is 2. The van der Waals surface area contributed by atoms with Crippen molar-refractivity contribution in [2.24, 2.45) is 0 Å². The zero-order valence-corrected chi connectivity index (χ0v) is 24.8. The maximum atomic E-state index is 12.4. The number of nitrogens with one attached hydrogen (secondary N) is 1. The number of methoxy groups -OCH3 is 1. The summed E-state index contributed by atoms with van der Waals surface area (Å²) in [4.78, 5) is 24.6. The van der Waals surface area contributed by atoms with Gasteiger partial charge in [-0.05, 0) is 47.6 Å². The van der Waals surface area contributed by atoms with Crippen molar-refractivity contribution in [2.75, 3.05) is 12.4 Å². The number of unbranched alkanes of at least 4 members (excludes halogenated alkanes) is 10. The first kappa shape index (κ1) is 30.5. The molecule has 9 heteroatoms. The van der Waals surface area contributed by atoms with E-state index >= 15 is 0 Å². The summed E-state index contributed by atoms with van der Waals surface area (Å²) >= 11 is 3.45. The first-order valence-corrected chi connectivity index (χ1v) is 15.1. The van der Waals surface area contributed by atoms with Crippen LogP contribution in [0, 0.1) is 3.57 Å². The molecule has 0 aliphatic carbocycles. The van der Waals surface area contributed by atoms with Crippen molar-refractivity contribution in [1.29, 1.82) is 0 Å². The second-order valence-corrected chi connectivity index (χ2v) is 11.1. The zero-order chi connectivity index (χ0) is 26.2. The minimum Gasteiger partial charge on any atom is -0.493 e. The van der Waals surface area contributed by atoms with E-state index in [1.165, 1.54) is 56.3 Å². The summed E-state index contributed by atoms with van der Waals surface area (Å²) in [5, 5.41) is 12.3. The van der Waals surface area contributed by atoms with E-state index in [1.54, 1.807) is 13.2 Å². The molecule has 0 aliphatic rings. The van der Waals surface area contributed by atoms with Gasteiger partial charge in [0.15, 0.2) is 11.5 Å². The number of halogens is 1. The Morgan fingerprint density at radius 2 is 1.50 bits per heavy atom. The number of amides is 1. The molecule has 0 unspecified atom stereocenters. The molecular formula is C27H40IN3O4S. The van der Waals surface area contributed by atoms with Crippen molar-refractivity contribution in [3.05, 3.63) is 15.7 Å². The average molecular weight is 630 g/mol. The van der Waals surface area contributed by atoms with Gasteiger partial charge in [0.1, 0.15) is 5.01 Å². The number of anilines is 1. The van der Waals surface area contributed by atoms with Gasteiger partial charge in [-0.3, -0.25) is 9.59 Å². The highest BCUT2D eigenvalue weighted by Gasteiger charge is 2.18. The number of carbonyl (C=O) groups excluding carboxylic acids is 2. The zero-order valence-electron chi connectivity index (χ0n) is 21.9. The van der Waals surface area contributed by atoms with Gasteiger partial charge in [-0.15, -0.1) is 10.2 Å². The van der Waals surface area contributed by atoms with Crippen LogP contribution in [0.4, 0.5) is 5.13 Å². The lowest BCUT2D eigenvalue weighted by atomic mass is 10.1. The Labute approximate surface area is 233 Å². The molecule has 0 spiro atoms. The molecule has 7 nitrogen and oxygen atoms in total. The molecule has 0 saturated heterocycles. The van der Waals surface area contributed by atoms with Gasteiger partial charge in [0.2, 0.25) is 11.0 Å². The lowest BCUT2D eigenvalue weighted by molar-refractivity contribution is -0.134. The number of hydrogen-bond acceptors (Lipinski definition) is 7. The van der Waals surface area contributed by atoms with E-state index in [2.05, 4.69) is 52.0 Å². The van der Waals surface area contributed by atoms with E-state index in [4.69, 9.17) is 9.47 Å². The van der Waals surface area contributed by atoms with E-state index in [1.807, 2.05) is 6.07 Å². The van der Waals surface area contributed by atoms with Crippen molar-refractivity contribution >= 4 is 50.9 Å². The van der Waals surface area contributed by atoms with E-state index in [-0.39, 0.29) is 11.9 Å². The molecule has 36 heavy (non-hydrogen) atoms. The fourth-order valence-corrected chi connectivity index (χ4v) is 5.25. The first-order valence-electron chi connectivity index (χ1n) is 13.2. The Bertz CT molecular complexity index is 951. The second-order valence-electron chi connectivity index (χ2n) is 8.96.